The number of carboxylic acid groups (broad SMARTS) is 1. The van der Waals surface area contributed by atoms with Gasteiger partial charge in [-0.2, -0.15) is 0 Å². The first-order chi connectivity index (χ1) is 19.0. The number of benzene rings is 4. The Balaban J connectivity index is 1.68. The summed E-state index contributed by atoms with van der Waals surface area (Å²) in [7, 11) is 0. The highest BCUT2D eigenvalue weighted by Crippen LogP contribution is 2.59. The number of carbonyl (C=O) groups is 2. The maximum absolute atomic E-state index is 13.4. The van der Waals surface area contributed by atoms with Gasteiger partial charge < -0.3 is 19.5 Å². The molecule has 2 aliphatic rings. The second-order valence-electron chi connectivity index (χ2n) is 9.85. The number of esters is 1. The van der Waals surface area contributed by atoms with Gasteiger partial charge >= 0.3 is 11.9 Å². The molecular weight excluding hydrogens is 510 g/mol. The Morgan fingerprint density at radius 1 is 0.974 bits per heavy atom. The molecule has 1 unspecified atom stereocenters. The lowest BCUT2D eigenvalue weighted by Crippen LogP contribution is -2.42. The fraction of sp³-hybridized carbons (Fsp3) is 0.188. The van der Waals surface area contributed by atoms with Crippen LogP contribution < -0.4 is 9.64 Å². The molecule has 1 aromatic heterocycles. The van der Waals surface area contributed by atoms with Gasteiger partial charge in [0.15, 0.2) is 11.4 Å². The molecule has 194 valence electrons. The van der Waals surface area contributed by atoms with Crippen LogP contribution in [0.3, 0.4) is 0 Å². The monoisotopic (exact) mass is 535 g/mol. The van der Waals surface area contributed by atoms with Crippen LogP contribution in [0.15, 0.2) is 72.8 Å². The van der Waals surface area contributed by atoms with Crippen molar-refractivity contribution in [1.29, 1.82) is 0 Å². The smallest absolute Gasteiger partial charge is 0.339 e. The number of hydrogen-bond donors (Lipinski definition) is 1. The Kier molecular flexibility index (Phi) is 5.22. The zero-order valence-corrected chi connectivity index (χ0v) is 22.3. The van der Waals surface area contributed by atoms with Crippen molar-refractivity contribution in [1.82, 2.24) is 0 Å². The minimum Gasteiger partial charge on any atom is -0.478 e. The number of carboxylic acids is 1. The van der Waals surface area contributed by atoms with E-state index < -0.39 is 11.6 Å². The van der Waals surface area contributed by atoms with E-state index in [1.54, 1.807) is 6.07 Å². The molecule has 0 radical (unpaired) electrons. The summed E-state index contributed by atoms with van der Waals surface area (Å²) in [5.41, 5.74) is 2.56. The Bertz CT molecular complexity index is 1840. The number of hydrogen-bond acceptors (Lipinski definition) is 6. The Hall–Kier alpha value is -4.36. The van der Waals surface area contributed by atoms with E-state index in [0.29, 0.717) is 16.9 Å². The summed E-state index contributed by atoms with van der Waals surface area (Å²) in [6.45, 7) is 5.77. The highest BCUT2D eigenvalue weighted by molar-refractivity contribution is 7.25. The summed E-state index contributed by atoms with van der Waals surface area (Å²) in [5.74, 6) is -0.765. The summed E-state index contributed by atoms with van der Waals surface area (Å²) in [6, 6.07) is 23.4. The predicted octanol–water partition coefficient (Wildman–Crippen LogP) is 7.10. The normalized spacial score (nSPS) is 17.3. The second kappa shape index (κ2) is 8.58. The van der Waals surface area contributed by atoms with E-state index in [1.807, 2.05) is 66.7 Å². The van der Waals surface area contributed by atoms with E-state index in [2.05, 4.69) is 18.7 Å². The first-order valence-electron chi connectivity index (χ1n) is 13.1. The molecule has 3 heterocycles. The third-order valence-electron chi connectivity index (χ3n) is 7.89. The summed E-state index contributed by atoms with van der Waals surface area (Å²) in [4.78, 5) is 28.3. The summed E-state index contributed by atoms with van der Waals surface area (Å²) >= 11 is 1.52. The number of anilines is 1. The molecule has 1 atom stereocenters. The van der Waals surface area contributed by atoms with Crippen LogP contribution in [0.1, 0.15) is 46.5 Å². The first-order valence-corrected chi connectivity index (χ1v) is 13.9. The lowest BCUT2D eigenvalue weighted by molar-refractivity contribution is -0.155. The van der Waals surface area contributed by atoms with Crippen molar-refractivity contribution in [3.05, 3.63) is 101 Å². The third-order valence-corrected chi connectivity index (χ3v) is 9.00. The Morgan fingerprint density at radius 3 is 2.54 bits per heavy atom. The highest BCUT2D eigenvalue weighted by Gasteiger charge is 2.53. The van der Waals surface area contributed by atoms with Crippen molar-refractivity contribution in [3.63, 3.8) is 0 Å². The van der Waals surface area contributed by atoms with Crippen molar-refractivity contribution in [2.45, 2.75) is 25.9 Å². The topological polar surface area (TPSA) is 76.1 Å². The van der Waals surface area contributed by atoms with Gasteiger partial charge in [0.25, 0.3) is 0 Å². The maximum atomic E-state index is 13.4. The summed E-state index contributed by atoms with van der Waals surface area (Å²) in [5, 5.41) is 12.2. The SMILES string of the molecule is CCN(CC)c1ccc2c(c1)Oc1c(C(=O)O)cc3sc4ccccc4c3c1C21OC(=O)Cc2ccccc21. The minimum atomic E-state index is -1.37. The molecule has 4 aromatic carbocycles. The van der Waals surface area contributed by atoms with Gasteiger partial charge in [0.05, 0.1) is 12.0 Å². The quantitative estimate of drug-likeness (QED) is 0.248. The van der Waals surface area contributed by atoms with E-state index in [0.717, 1.165) is 50.1 Å². The average Bonchev–Trinajstić information content (AvgIpc) is 3.31. The molecule has 1 spiro atoms. The van der Waals surface area contributed by atoms with E-state index >= 15 is 0 Å². The Labute approximate surface area is 229 Å². The standard InChI is InChI=1S/C32H25NO5S/c1-3-33(4-2)19-13-14-23-24(16-19)37-30-21(31(35)36)17-26-28(20-10-6-8-12-25(20)39-26)29(30)32(23)22-11-7-5-9-18(22)15-27(34)38-32/h5-14,16-17H,3-4,15H2,1-2H3,(H,35,36). The van der Waals surface area contributed by atoms with Crippen LogP contribution in [0.5, 0.6) is 11.5 Å². The van der Waals surface area contributed by atoms with E-state index in [4.69, 9.17) is 9.47 Å². The molecule has 2 aliphatic heterocycles. The molecule has 0 fully saturated rings. The molecule has 7 rings (SSSR count). The number of nitrogens with zero attached hydrogens (tertiary/aromatic N) is 1. The molecule has 0 aliphatic carbocycles. The lowest BCUT2D eigenvalue weighted by atomic mass is 9.72. The van der Waals surface area contributed by atoms with E-state index in [9.17, 15) is 14.7 Å². The molecule has 0 saturated heterocycles. The number of rotatable bonds is 4. The van der Waals surface area contributed by atoms with Gasteiger partial charge in [-0.3, -0.25) is 4.79 Å². The van der Waals surface area contributed by atoms with Crippen LogP contribution in [0.4, 0.5) is 5.69 Å². The van der Waals surface area contributed by atoms with Crippen LogP contribution in [-0.4, -0.2) is 30.1 Å². The fourth-order valence-electron chi connectivity index (χ4n) is 6.21. The third kappa shape index (κ3) is 3.26. The van der Waals surface area contributed by atoms with Crippen LogP contribution >= 0.6 is 11.3 Å². The van der Waals surface area contributed by atoms with Gasteiger partial charge in [-0.15, -0.1) is 11.3 Å². The Morgan fingerprint density at radius 2 is 1.74 bits per heavy atom. The molecule has 7 heteroatoms. The number of fused-ring (bicyclic) bond motifs is 10. The molecule has 1 N–H and O–H groups in total. The number of carbonyl (C=O) groups excluding carboxylic acids is 1. The summed E-state index contributed by atoms with van der Waals surface area (Å²) < 4.78 is 14.9. The lowest BCUT2D eigenvalue weighted by Gasteiger charge is -2.44. The van der Waals surface area contributed by atoms with Gasteiger partial charge in [0.1, 0.15) is 11.3 Å². The van der Waals surface area contributed by atoms with Crippen molar-refractivity contribution < 1.29 is 24.2 Å². The number of ether oxygens (including phenoxy) is 2. The second-order valence-corrected chi connectivity index (χ2v) is 10.9. The summed E-state index contributed by atoms with van der Waals surface area (Å²) in [6.07, 6.45) is 0.146. The zero-order valence-electron chi connectivity index (χ0n) is 21.5. The van der Waals surface area contributed by atoms with Gasteiger partial charge in [0.2, 0.25) is 0 Å². The first kappa shape index (κ1) is 23.7. The van der Waals surface area contributed by atoms with Crippen LogP contribution in [0.2, 0.25) is 0 Å². The van der Waals surface area contributed by atoms with E-state index in [-0.39, 0.29) is 23.7 Å². The van der Waals surface area contributed by atoms with Crippen molar-refractivity contribution in [2.75, 3.05) is 18.0 Å². The average molecular weight is 536 g/mol. The largest absolute Gasteiger partial charge is 0.478 e. The minimum absolute atomic E-state index is 0.0430. The van der Waals surface area contributed by atoms with Crippen LogP contribution in [0, 0.1) is 0 Å². The van der Waals surface area contributed by atoms with E-state index in [1.165, 1.54) is 11.3 Å². The highest BCUT2D eigenvalue weighted by atomic mass is 32.1. The van der Waals surface area contributed by atoms with Gasteiger partial charge in [-0.25, -0.2) is 4.79 Å². The fourth-order valence-corrected chi connectivity index (χ4v) is 7.36. The number of aromatic carboxylic acids is 1. The molecule has 0 bridgehead atoms. The van der Waals surface area contributed by atoms with Crippen molar-refractivity contribution in [3.8, 4) is 11.5 Å². The molecule has 0 saturated carbocycles. The van der Waals surface area contributed by atoms with Crippen LogP contribution in [-0.2, 0) is 21.6 Å². The van der Waals surface area contributed by atoms with Gasteiger partial charge in [0, 0.05) is 56.1 Å². The molecule has 0 amide bonds. The zero-order chi connectivity index (χ0) is 26.9. The maximum Gasteiger partial charge on any atom is 0.339 e. The van der Waals surface area contributed by atoms with Crippen molar-refractivity contribution >= 4 is 49.1 Å². The molecule has 39 heavy (non-hydrogen) atoms. The van der Waals surface area contributed by atoms with Gasteiger partial charge in [-0.1, -0.05) is 42.5 Å². The molecule has 5 aromatic rings. The predicted molar refractivity (Wildman–Crippen MR) is 152 cm³/mol. The molecule has 6 nitrogen and oxygen atoms in total. The van der Waals surface area contributed by atoms with Gasteiger partial charge in [-0.05, 0) is 43.7 Å². The van der Waals surface area contributed by atoms with Crippen LogP contribution in [0.25, 0.3) is 20.2 Å². The molecular formula is C32H25NO5S. The van der Waals surface area contributed by atoms with Crippen molar-refractivity contribution in [2.24, 2.45) is 0 Å². The number of thiophene rings is 1.